The molecule has 0 heterocycles. The maximum atomic E-state index is 15.1. The lowest BCUT2D eigenvalue weighted by Gasteiger charge is -2.23. The molecule has 0 aliphatic heterocycles. The smallest absolute Gasteiger partial charge is 0.167 e. The minimum Gasteiger partial charge on any atom is -0.492 e. The molecule has 0 bridgehead atoms. The highest BCUT2D eigenvalue weighted by atomic mass is 32.2. The van der Waals surface area contributed by atoms with Crippen molar-refractivity contribution in [3.8, 4) is 17.9 Å². The van der Waals surface area contributed by atoms with Crippen molar-refractivity contribution in [2.24, 2.45) is 0 Å². The van der Waals surface area contributed by atoms with Crippen LogP contribution in [0.5, 0.6) is 5.75 Å². The van der Waals surface area contributed by atoms with Gasteiger partial charge in [-0.05, 0) is 19.1 Å². The average Bonchev–Trinajstić information content (AvgIpc) is 2.61. The third-order valence-corrected chi connectivity index (χ3v) is 4.61. The minimum atomic E-state index is -0.964. The largest absolute Gasteiger partial charge is 0.492 e. The first-order chi connectivity index (χ1) is 12.7. The van der Waals surface area contributed by atoms with Crippen LogP contribution < -0.4 is 10.1 Å². The Morgan fingerprint density at radius 2 is 1.67 bits per heavy atom. The number of para-hydroxylation sites is 2. The third-order valence-electron chi connectivity index (χ3n) is 3.41. The van der Waals surface area contributed by atoms with Gasteiger partial charge in [0.25, 0.3) is 0 Å². The molecular formula is C20H19F2N3OS. The van der Waals surface area contributed by atoms with Crippen molar-refractivity contribution in [1.29, 1.82) is 10.5 Å². The Kier molecular flexibility index (Phi) is 6.30. The van der Waals surface area contributed by atoms with Crippen molar-refractivity contribution in [3.05, 3.63) is 47.0 Å². The van der Waals surface area contributed by atoms with Gasteiger partial charge in [0, 0.05) is 4.75 Å². The maximum Gasteiger partial charge on any atom is 0.167 e. The Balaban J connectivity index is 2.73. The van der Waals surface area contributed by atoms with Crippen molar-refractivity contribution >= 4 is 23.1 Å². The molecule has 0 saturated carbocycles. The van der Waals surface area contributed by atoms with E-state index in [9.17, 15) is 10.5 Å². The first-order valence-electron chi connectivity index (χ1n) is 8.26. The zero-order valence-corrected chi connectivity index (χ0v) is 16.3. The van der Waals surface area contributed by atoms with E-state index in [1.807, 2.05) is 27.7 Å². The van der Waals surface area contributed by atoms with Crippen LogP contribution in [0.1, 0.15) is 38.8 Å². The van der Waals surface area contributed by atoms with Gasteiger partial charge in [-0.15, -0.1) is 11.8 Å². The number of hydrogen-bond donors (Lipinski definition) is 1. The zero-order valence-electron chi connectivity index (χ0n) is 15.5. The number of thioether (sulfide) groups is 1. The Morgan fingerprint density at radius 3 is 2.22 bits per heavy atom. The molecule has 2 aromatic rings. The SMILES string of the molecule is CCOc1ccccc1Nc1c(F)c(C#N)c(C#N)c(F)c1SC(C)(C)C. The van der Waals surface area contributed by atoms with E-state index in [-0.39, 0.29) is 10.6 Å². The quantitative estimate of drug-likeness (QED) is 0.663. The molecular weight excluding hydrogens is 368 g/mol. The summed E-state index contributed by atoms with van der Waals surface area (Å²) in [6.45, 7) is 7.74. The van der Waals surface area contributed by atoms with Gasteiger partial charge in [-0.3, -0.25) is 0 Å². The fraction of sp³-hybridized carbons (Fsp3) is 0.300. The van der Waals surface area contributed by atoms with E-state index < -0.39 is 27.5 Å². The highest BCUT2D eigenvalue weighted by molar-refractivity contribution is 8.00. The highest BCUT2D eigenvalue weighted by Crippen LogP contribution is 2.44. The maximum absolute atomic E-state index is 15.1. The molecule has 2 aromatic carbocycles. The molecule has 140 valence electrons. The summed E-state index contributed by atoms with van der Waals surface area (Å²) in [5.74, 6) is -1.41. The monoisotopic (exact) mass is 387 g/mol. The van der Waals surface area contributed by atoms with E-state index in [2.05, 4.69) is 5.32 Å². The van der Waals surface area contributed by atoms with Crippen LogP contribution in [-0.2, 0) is 0 Å². The van der Waals surface area contributed by atoms with Gasteiger partial charge in [-0.2, -0.15) is 10.5 Å². The van der Waals surface area contributed by atoms with Crippen LogP contribution in [0.4, 0.5) is 20.2 Å². The van der Waals surface area contributed by atoms with E-state index >= 15 is 8.78 Å². The van der Waals surface area contributed by atoms with Crippen LogP contribution >= 0.6 is 11.8 Å². The summed E-state index contributed by atoms with van der Waals surface area (Å²) in [5.41, 5.74) is -0.966. The number of rotatable bonds is 5. The molecule has 0 saturated heterocycles. The molecule has 0 unspecified atom stereocenters. The Morgan fingerprint density at radius 1 is 1.07 bits per heavy atom. The summed E-state index contributed by atoms with van der Waals surface area (Å²) in [4.78, 5) is -0.0538. The average molecular weight is 387 g/mol. The molecule has 0 spiro atoms. The molecule has 7 heteroatoms. The van der Waals surface area contributed by atoms with Crippen LogP contribution in [0.3, 0.4) is 0 Å². The van der Waals surface area contributed by atoms with Crippen LogP contribution in [0, 0.1) is 34.3 Å². The van der Waals surface area contributed by atoms with Gasteiger partial charge in [-0.1, -0.05) is 32.9 Å². The molecule has 0 amide bonds. The second kappa shape index (κ2) is 8.28. The molecule has 2 rings (SSSR count). The fourth-order valence-corrected chi connectivity index (χ4v) is 3.42. The van der Waals surface area contributed by atoms with E-state index in [4.69, 9.17) is 4.74 Å². The van der Waals surface area contributed by atoms with Gasteiger partial charge in [0.15, 0.2) is 11.6 Å². The third kappa shape index (κ3) is 4.50. The molecule has 0 aliphatic rings. The predicted octanol–water partition coefficient (Wildman–Crippen LogP) is 5.74. The fourth-order valence-electron chi connectivity index (χ4n) is 2.38. The number of ether oxygens (including phenoxy) is 1. The molecule has 0 fully saturated rings. The van der Waals surface area contributed by atoms with Gasteiger partial charge >= 0.3 is 0 Å². The van der Waals surface area contributed by atoms with Crippen molar-refractivity contribution in [3.63, 3.8) is 0 Å². The standard InChI is InChI=1S/C20H19F2N3OS/c1-5-26-15-9-7-6-8-14(15)25-18-16(21)12(10-23)13(11-24)17(22)19(18)27-20(2,3)4/h6-9,25H,5H2,1-4H3. The summed E-state index contributed by atoms with van der Waals surface area (Å²) in [7, 11) is 0. The van der Waals surface area contributed by atoms with Crippen molar-refractivity contribution in [2.75, 3.05) is 11.9 Å². The zero-order chi connectivity index (χ0) is 20.2. The Labute approximate surface area is 161 Å². The van der Waals surface area contributed by atoms with E-state index in [1.54, 1.807) is 36.4 Å². The summed E-state index contributed by atoms with van der Waals surface area (Å²) in [6, 6.07) is 10.0. The van der Waals surface area contributed by atoms with E-state index in [0.717, 1.165) is 11.8 Å². The van der Waals surface area contributed by atoms with Crippen LogP contribution in [0.15, 0.2) is 29.2 Å². The van der Waals surface area contributed by atoms with Gasteiger partial charge < -0.3 is 10.1 Å². The molecule has 27 heavy (non-hydrogen) atoms. The van der Waals surface area contributed by atoms with Gasteiger partial charge in [0.1, 0.15) is 29.0 Å². The number of nitrogens with zero attached hydrogens (tertiary/aromatic N) is 2. The van der Waals surface area contributed by atoms with Crippen LogP contribution in [0.25, 0.3) is 0 Å². The topological polar surface area (TPSA) is 68.8 Å². The molecule has 4 nitrogen and oxygen atoms in total. The summed E-state index contributed by atoms with van der Waals surface area (Å²) in [5, 5.41) is 21.3. The summed E-state index contributed by atoms with van der Waals surface area (Å²) < 4.78 is 35.2. The normalized spacial score (nSPS) is 10.8. The molecule has 0 aromatic heterocycles. The van der Waals surface area contributed by atoms with Gasteiger partial charge in [0.05, 0.1) is 22.9 Å². The lowest BCUT2D eigenvalue weighted by atomic mass is 10.1. The first-order valence-corrected chi connectivity index (χ1v) is 9.08. The number of hydrogen-bond acceptors (Lipinski definition) is 5. The second-order valence-electron chi connectivity index (χ2n) is 6.57. The van der Waals surface area contributed by atoms with Gasteiger partial charge in [0.2, 0.25) is 0 Å². The highest BCUT2D eigenvalue weighted by Gasteiger charge is 2.28. The first kappa shape index (κ1) is 20.5. The van der Waals surface area contributed by atoms with Crippen molar-refractivity contribution in [1.82, 2.24) is 0 Å². The number of nitriles is 2. The minimum absolute atomic E-state index is 0.0538. The molecule has 0 aliphatic carbocycles. The number of benzene rings is 2. The van der Waals surface area contributed by atoms with Gasteiger partial charge in [-0.25, -0.2) is 8.78 Å². The molecule has 0 radical (unpaired) electrons. The van der Waals surface area contributed by atoms with Crippen LogP contribution in [0.2, 0.25) is 0 Å². The lowest BCUT2D eigenvalue weighted by molar-refractivity contribution is 0.342. The molecule has 0 atom stereocenters. The number of halogens is 2. The van der Waals surface area contributed by atoms with E-state index in [0.29, 0.717) is 18.0 Å². The Hall–Kier alpha value is -2.77. The summed E-state index contributed by atoms with van der Waals surface area (Å²) in [6.07, 6.45) is 0. The lowest BCUT2D eigenvalue weighted by Crippen LogP contribution is -2.12. The Bertz CT molecular complexity index is 940. The summed E-state index contributed by atoms with van der Waals surface area (Å²) >= 11 is 1.08. The van der Waals surface area contributed by atoms with Crippen LogP contribution in [-0.4, -0.2) is 11.4 Å². The van der Waals surface area contributed by atoms with Crippen molar-refractivity contribution in [2.45, 2.75) is 37.3 Å². The van der Waals surface area contributed by atoms with E-state index in [1.165, 1.54) is 0 Å². The predicted molar refractivity (Wildman–Crippen MR) is 102 cm³/mol. The number of nitrogens with one attached hydrogen (secondary N) is 1. The number of anilines is 2. The second-order valence-corrected chi connectivity index (χ2v) is 8.41. The van der Waals surface area contributed by atoms with Crippen molar-refractivity contribution < 1.29 is 13.5 Å². The molecule has 1 N–H and O–H groups in total.